The van der Waals surface area contributed by atoms with E-state index in [1.807, 2.05) is 25.1 Å². The third-order valence-electron chi connectivity index (χ3n) is 3.39. The van der Waals surface area contributed by atoms with Crippen LogP contribution in [0, 0.1) is 24.2 Å². The molecule has 17 heavy (non-hydrogen) atoms. The largest absolute Gasteiger partial charge is 0.380 e. The van der Waals surface area contributed by atoms with Gasteiger partial charge in [0.2, 0.25) is 0 Å². The van der Waals surface area contributed by atoms with Crippen LogP contribution in [0.15, 0.2) is 18.2 Å². The molecule has 2 unspecified atom stereocenters. The summed E-state index contributed by atoms with van der Waals surface area (Å²) >= 11 is 6.16. The van der Waals surface area contributed by atoms with Crippen molar-refractivity contribution < 1.29 is 0 Å². The Hall–Kier alpha value is -1.20. The molecule has 1 N–H and O–H groups in total. The molecule has 0 radical (unpaired) electrons. The van der Waals surface area contributed by atoms with Gasteiger partial charge >= 0.3 is 0 Å². The first-order valence-electron chi connectivity index (χ1n) is 6.13. The summed E-state index contributed by atoms with van der Waals surface area (Å²) in [5, 5.41) is 13.3. The van der Waals surface area contributed by atoms with E-state index >= 15 is 0 Å². The molecule has 0 bridgehead atoms. The van der Waals surface area contributed by atoms with E-state index in [2.05, 4.69) is 11.4 Å². The van der Waals surface area contributed by atoms with Crippen LogP contribution < -0.4 is 5.32 Å². The number of nitrogens with one attached hydrogen (secondary N) is 1. The molecular weight excluding hydrogens is 232 g/mol. The van der Waals surface area contributed by atoms with Gasteiger partial charge in [-0.2, -0.15) is 5.26 Å². The van der Waals surface area contributed by atoms with Crippen LogP contribution in [0.4, 0.5) is 5.69 Å². The number of nitriles is 1. The Morgan fingerprint density at radius 3 is 2.88 bits per heavy atom. The van der Waals surface area contributed by atoms with Crippen molar-refractivity contribution in [1.82, 2.24) is 0 Å². The standard InChI is InChI=1S/C14H17ClN2/c1-10-6-7-12(15)14(8-10)17-13-5-3-2-4-11(13)9-16/h6-8,11,13,17H,2-5H2,1H3. The molecule has 1 aromatic rings. The van der Waals surface area contributed by atoms with Gasteiger partial charge in [0.05, 0.1) is 22.7 Å². The van der Waals surface area contributed by atoms with Gasteiger partial charge in [0.1, 0.15) is 0 Å². The molecule has 0 spiro atoms. The van der Waals surface area contributed by atoms with Gasteiger partial charge in [0.25, 0.3) is 0 Å². The molecule has 90 valence electrons. The van der Waals surface area contributed by atoms with Crippen molar-refractivity contribution in [3.8, 4) is 6.07 Å². The molecule has 3 heteroatoms. The fourth-order valence-corrected chi connectivity index (χ4v) is 2.58. The minimum Gasteiger partial charge on any atom is -0.380 e. The maximum Gasteiger partial charge on any atom is 0.0677 e. The molecule has 0 amide bonds. The van der Waals surface area contributed by atoms with Gasteiger partial charge in [-0.1, -0.05) is 30.5 Å². The van der Waals surface area contributed by atoms with Gasteiger partial charge in [-0.05, 0) is 37.5 Å². The lowest BCUT2D eigenvalue weighted by Gasteiger charge is -2.28. The van der Waals surface area contributed by atoms with E-state index in [0.29, 0.717) is 0 Å². The molecule has 0 aliphatic heterocycles. The zero-order valence-corrected chi connectivity index (χ0v) is 10.8. The number of benzene rings is 1. The summed E-state index contributed by atoms with van der Waals surface area (Å²) in [4.78, 5) is 0. The van der Waals surface area contributed by atoms with Crippen LogP contribution in [0.1, 0.15) is 31.2 Å². The highest BCUT2D eigenvalue weighted by molar-refractivity contribution is 6.33. The van der Waals surface area contributed by atoms with E-state index in [0.717, 1.165) is 30.0 Å². The first kappa shape index (κ1) is 12.3. The van der Waals surface area contributed by atoms with Crippen molar-refractivity contribution in [2.45, 2.75) is 38.6 Å². The molecule has 0 heterocycles. The summed E-state index contributed by atoms with van der Waals surface area (Å²) < 4.78 is 0. The van der Waals surface area contributed by atoms with Crippen molar-refractivity contribution >= 4 is 17.3 Å². The average Bonchev–Trinajstić information content (AvgIpc) is 2.34. The van der Waals surface area contributed by atoms with Gasteiger partial charge in [-0.25, -0.2) is 0 Å². The van der Waals surface area contributed by atoms with E-state index in [1.165, 1.54) is 12.0 Å². The van der Waals surface area contributed by atoms with Crippen LogP contribution in [0.3, 0.4) is 0 Å². The van der Waals surface area contributed by atoms with E-state index in [-0.39, 0.29) is 12.0 Å². The Morgan fingerprint density at radius 2 is 2.12 bits per heavy atom. The Labute approximate surface area is 108 Å². The van der Waals surface area contributed by atoms with Gasteiger partial charge in [0, 0.05) is 6.04 Å². The Balaban J connectivity index is 2.14. The van der Waals surface area contributed by atoms with Crippen LogP contribution in [0.2, 0.25) is 5.02 Å². The van der Waals surface area contributed by atoms with E-state index in [4.69, 9.17) is 16.9 Å². The second kappa shape index (κ2) is 5.42. The topological polar surface area (TPSA) is 35.8 Å². The van der Waals surface area contributed by atoms with Crippen LogP contribution >= 0.6 is 11.6 Å². The van der Waals surface area contributed by atoms with Gasteiger partial charge < -0.3 is 5.32 Å². The molecule has 0 saturated heterocycles. The van der Waals surface area contributed by atoms with Crippen molar-refractivity contribution in [1.29, 1.82) is 5.26 Å². The van der Waals surface area contributed by atoms with Crippen LogP contribution in [-0.4, -0.2) is 6.04 Å². The summed E-state index contributed by atoms with van der Waals surface area (Å²) in [7, 11) is 0. The number of nitrogens with zero attached hydrogens (tertiary/aromatic N) is 1. The summed E-state index contributed by atoms with van der Waals surface area (Å²) in [5.41, 5.74) is 2.14. The fraction of sp³-hybridized carbons (Fsp3) is 0.500. The first-order valence-corrected chi connectivity index (χ1v) is 6.51. The Morgan fingerprint density at radius 1 is 1.35 bits per heavy atom. The summed E-state index contributed by atoms with van der Waals surface area (Å²) in [6.45, 7) is 2.05. The summed E-state index contributed by atoms with van der Waals surface area (Å²) in [6.07, 6.45) is 4.41. The molecule has 1 aliphatic rings. The smallest absolute Gasteiger partial charge is 0.0677 e. The zero-order chi connectivity index (χ0) is 12.3. The lowest BCUT2D eigenvalue weighted by atomic mass is 9.85. The highest BCUT2D eigenvalue weighted by atomic mass is 35.5. The minimum atomic E-state index is 0.111. The van der Waals surface area contributed by atoms with Gasteiger partial charge in [0.15, 0.2) is 0 Å². The molecule has 1 saturated carbocycles. The van der Waals surface area contributed by atoms with Crippen LogP contribution in [0.25, 0.3) is 0 Å². The monoisotopic (exact) mass is 248 g/mol. The van der Waals surface area contributed by atoms with E-state index < -0.39 is 0 Å². The number of hydrogen-bond donors (Lipinski definition) is 1. The second-order valence-electron chi connectivity index (χ2n) is 4.75. The third kappa shape index (κ3) is 2.92. The highest BCUT2D eigenvalue weighted by Crippen LogP contribution is 2.30. The molecule has 2 atom stereocenters. The number of halogens is 1. The molecule has 2 nitrogen and oxygen atoms in total. The van der Waals surface area contributed by atoms with Crippen molar-refractivity contribution in [2.24, 2.45) is 5.92 Å². The van der Waals surface area contributed by atoms with Crippen LogP contribution in [-0.2, 0) is 0 Å². The Kier molecular flexibility index (Phi) is 3.91. The second-order valence-corrected chi connectivity index (χ2v) is 5.16. The predicted octanol–water partition coefficient (Wildman–Crippen LogP) is 4.14. The van der Waals surface area contributed by atoms with E-state index in [1.54, 1.807) is 0 Å². The quantitative estimate of drug-likeness (QED) is 0.854. The molecule has 2 rings (SSSR count). The molecule has 0 aromatic heterocycles. The molecule has 1 aliphatic carbocycles. The van der Waals surface area contributed by atoms with Crippen molar-refractivity contribution in [3.63, 3.8) is 0 Å². The minimum absolute atomic E-state index is 0.111. The lowest BCUT2D eigenvalue weighted by Crippen LogP contribution is -2.31. The number of aryl methyl sites for hydroxylation is 1. The number of hydrogen-bond acceptors (Lipinski definition) is 2. The maximum absolute atomic E-state index is 9.14. The lowest BCUT2D eigenvalue weighted by molar-refractivity contribution is 0.389. The van der Waals surface area contributed by atoms with E-state index in [9.17, 15) is 0 Å². The Bertz CT molecular complexity index is 436. The van der Waals surface area contributed by atoms with Crippen LogP contribution in [0.5, 0.6) is 0 Å². The van der Waals surface area contributed by atoms with Crippen molar-refractivity contribution in [3.05, 3.63) is 28.8 Å². The maximum atomic E-state index is 9.14. The molecule has 1 fully saturated rings. The van der Waals surface area contributed by atoms with Gasteiger partial charge in [-0.3, -0.25) is 0 Å². The normalized spacial score (nSPS) is 24.1. The number of rotatable bonds is 2. The highest BCUT2D eigenvalue weighted by Gasteiger charge is 2.25. The summed E-state index contributed by atoms with van der Waals surface area (Å²) in [5.74, 6) is 0.111. The third-order valence-corrected chi connectivity index (χ3v) is 3.72. The van der Waals surface area contributed by atoms with Gasteiger partial charge in [-0.15, -0.1) is 0 Å². The fourth-order valence-electron chi connectivity index (χ4n) is 2.41. The SMILES string of the molecule is Cc1ccc(Cl)c(NC2CCCCC2C#N)c1. The number of anilines is 1. The predicted molar refractivity (Wildman–Crippen MR) is 71.2 cm³/mol. The zero-order valence-electron chi connectivity index (χ0n) is 10.0. The summed E-state index contributed by atoms with van der Waals surface area (Å²) in [6, 6.07) is 8.60. The molecule has 1 aromatic carbocycles. The van der Waals surface area contributed by atoms with Crippen molar-refractivity contribution in [2.75, 3.05) is 5.32 Å². The average molecular weight is 249 g/mol. The first-order chi connectivity index (χ1) is 8.20. The molecular formula is C14H17ClN2.